The molecule has 1 aliphatic rings. The van der Waals surface area contributed by atoms with Crippen LogP contribution in [0, 0.1) is 5.92 Å². The monoisotopic (exact) mass is 481 g/mol. The van der Waals surface area contributed by atoms with Gasteiger partial charge in [0.05, 0.1) is 0 Å². The summed E-state index contributed by atoms with van der Waals surface area (Å²) in [5.74, 6) is -2.71. The zero-order chi connectivity index (χ0) is 25.5. The predicted octanol–water partition coefficient (Wildman–Crippen LogP) is 2.77. The van der Waals surface area contributed by atoms with Crippen LogP contribution in [0.25, 0.3) is 11.1 Å². The van der Waals surface area contributed by atoms with E-state index in [2.05, 4.69) is 10.6 Å². The second-order valence-corrected chi connectivity index (χ2v) is 9.06. The summed E-state index contributed by atoms with van der Waals surface area (Å²) in [4.78, 5) is 48.0. The Balaban J connectivity index is 1.65. The molecule has 186 valence electrons. The van der Waals surface area contributed by atoms with Crippen molar-refractivity contribution >= 4 is 23.9 Å². The minimum atomic E-state index is -1.30. The van der Waals surface area contributed by atoms with Crippen LogP contribution in [0.2, 0.25) is 0 Å². The number of carbonyl (C=O) groups is 4. The molecule has 0 heterocycles. The summed E-state index contributed by atoms with van der Waals surface area (Å²) in [6.45, 7) is 3.84. The maximum absolute atomic E-state index is 12.8. The van der Waals surface area contributed by atoms with Crippen LogP contribution in [0.3, 0.4) is 0 Å². The Kier molecular flexibility index (Phi) is 8.46. The van der Waals surface area contributed by atoms with Crippen molar-refractivity contribution in [2.75, 3.05) is 6.61 Å². The van der Waals surface area contributed by atoms with E-state index in [-0.39, 0.29) is 37.7 Å². The van der Waals surface area contributed by atoms with Crippen molar-refractivity contribution < 1.29 is 29.0 Å². The van der Waals surface area contributed by atoms with Crippen LogP contribution in [0.4, 0.5) is 4.79 Å². The van der Waals surface area contributed by atoms with Crippen LogP contribution in [0.5, 0.6) is 0 Å². The van der Waals surface area contributed by atoms with E-state index < -0.39 is 36.0 Å². The summed E-state index contributed by atoms with van der Waals surface area (Å²) in [5.41, 5.74) is 9.43. The van der Waals surface area contributed by atoms with Crippen LogP contribution < -0.4 is 16.4 Å². The van der Waals surface area contributed by atoms with Crippen LogP contribution in [-0.4, -0.2) is 47.7 Å². The lowest BCUT2D eigenvalue weighted by Gasteiger charge is -2.23. The van der Waals surface area contributed by atoms with Gasteiger partial charge in [0.2, 0.25) is 11.8 Å². The molecule has 0 radical (unpaired) electrons. The Labute approximate surface area is 204 Å². The zero-order valence-electron chi connectivity index (χ0n) is 19.8. The molecule has 0 aliphatic heterocycles. The first-order valence-electron chi connectivity index (χ1n) is 11.6. The average molecular weight is 482 g/mol. The summed E-state index contributed by atoms with van der Waals surface area (Å²) < 4.78 is 5.53. The number of carbonyl (C=O) groups excluding carboxylic acids is 3. The van der Waals surface area contributed by atoms with Crippen molar-refractivity contribution in [2.24, 2.45) is 11.7 Å². The SMILES string of the molecule is CC(C)C[C@H](NC(=O)OCC1c2ccccc2-c2ccccc21)C(=O)N[C@@H](CCC(N)=O)C(=O)O. The van der Waals surface area contributed by atoms with E-state index in [0.29, 0.717) is 0 Å². The molecule has 5 N–H and O–H groups in total. The van der Waals surface area contributed by atoms with Crippen LogP contribution in [0.1, 0.15) is 50.2 Å². The molecule has 0 saturated carbocycles. The summed E-state index contributed by atoms with van der Waals surface area (Å²) in [6, 6.07) is 13.6. The van der Waals surface area contributed by atoms with Crippen LogP contribution in [-0.2, 0) is 19.1 Å². The molecule has 0 unspecified atom stereocenters. The van der Waals surface area contributed by atoms with Gasteiger partial charge in [0.1, 0.15) is 18.7 Å². The molecule has 0 aromatic heterocycles. The number of nitrogens with one attached hydrogen (secondary N) is 2. The van der Waals surface area contributed by atoms with Crippen molar-refractivity contribution in [2.45, 2.75) is 51.1 Å². The van der Waals surface area contributed by atoms with E-state index in [0.717, 1.165) is 22.3 Å². The van der Waals surface area contributed by atoms with E-state index in [9.17, 15) is 24.3 Å². The molecular weight excluding hydrogens is 450 g/mol. The van der Waals surface area contributed by atoms with E-state index >= 15 is 0 Å². The highest BCUT2D eigenvalue weighted by Gasteiger charge is 2.31. The third-order valence-corrected chi connectivity index (χ3v) is 5.95. The smallest absolute Gasteiger partial charge is 0.407 e. The lowest BCUT2D eigenvalue weighted by molar-refractivity contribution is -0.142. The number of rotatable bonds is 11. The lowest BCUT2D eigenvalue weighted by atomic mass is 9.98. The van der Waals surface area contributed by atoms with Gasteiger partial charge < -0.3 is 26.2 Å². The molecule has 3 rings (SSSR count). The molecule has 9 heteroatoms. The number of benzene rings is 2. The third-order valence-electron chi connectivity index (χ3n) is 5.95. The van der Waals surface area contributed by atoms with Crippen molar-refractivity contribution in [1.82, 2.24) is 10.6 Å². The fourth-order valence-corrected chi connectivity index (χ4v) is 4.30. The Bertz CT molecular complexity index is 1050. The number of alkyl carbamates (subject to hydrolysis) is 1. The van der Waals surface area contributed by atoms with E-state index in [1.165, 1.54) is 0 Å². The highest BCUT2D eigenvalue weighted by molar-refractivity contribution is 5.89. The number of nitrogens with two attached hydrogens (primary N) is 1. The fourth-order valence-electron chi connectivity index (χ4n) is 4.30. The standard InChI is InChI=1S/C26H31N3O6/c1-15(2)13-22(24(31)28-21(25(32)33)11-12-23(27)30)29-26(34)35-14-20-18-9-5-3-7-16(18)17-8-4-6-10-19(17)20/h3-10,15,20-22H,11-14H2,1-2H3,(H2,27,30)(H,28,31)(H,29,34)(H,32,33)/t21-,22-/m0/s1. The number of hydrogen-bond acceptors (Lipinski definition) is 5. The van der Waals surface area contributed by atoms with E-state index in [1.54, 1.807) is 0 Å². The topological polar surface area (TPSA) is 148 Å². The quantitative estimate of drug-likeness (QED) is 0.388. The number of carboxylic acids is 1. The number of fused-ring (bicyclic) bond motifs is 3. The second-order valence-electron chi connectivity index (χ2n) is 9.06. The first-order chi connectivity index (χ1) is 16.7. The summed E-state index contributed by atoms with van der Waals surface area (Å²) in [6.07, 6.45) is -0.823. The second kappa shape index (κ2) is 11.5. The number of ether oxygens (including phenoxy) is 1. The maximum Gasteiger partial charge on any atom is 0.407 e. The number of aliphatic carboxylic acids is 1. The van der Waals surface area contributed by atoms with Gasteiger partial charge in [0, 0.05) is 12.3 Å². The molecule has 1 aliphatic carbocycles. The Morgan fingerprint density at radius 2 is 1.51 bits per heavy atom. The van der Waals surface area contributed by atoms with Gasteiger partial charge in [-0.05, 0) is 41.0 Å². The molecule has 0 spiro atoms. The molecule has 0 bridgehead atoms. The van der Waals surface area contributed by atoms with Gasteiger partial charge in [-0.1, -0.05) is 62.4 Å². The van der Waals surface area contributed by atoms with Gasteiger partial charge >= 0.3 is 12.1 Å². The highest BCUT2D eigenvalue weighted by Crippen LogP contribution is 2.44. The third kappa shape index (κ3) is 6.59. The average Bonchev–Trinajstić information content (AvgIpc) is 3.13. The van der Waals surface area contributed by atoms with Crippen molar-refractivity contribution in [1.29, 1.82) is 0 Å². The summed E-state index contributed by atoms with van der Waals surface area (Å²) >= 11 is 0. The maximum atomic E-state index is 12.8. The molecule has 0 saturated heterocycles. The van der Waals surface area contributed by atoms with Gasteiger partial charge in [-0.15, -0.1) is 0 Å². The predicted molar refractivity (Wildman–Crippen MR) is 129 cm³/mol. The Hall–Kier alpha value is -3.88. The highest BCUT2D eigenvalue weighted by atomic mass is 16.5. The molecule has 2 aromatic rings. The van der Waals surface area contributed by atoms with Crippen LogP contribution in [0.15, 0.2) is 48.5 Å². The number of primary amides is 1. The molecule has 2 atom stereocenters. The molecular formula is C26H31N3O6. The summed E-state index contributed by atoms with van der Waals surface area (Å²) in [5, 5.41) is 14.3. The minimum absolute atomic E-state index is 0.0357. The number of amides is 3. The first kappa shape index (κ1) is 25.7. The molecule has 35 heavy (non-hydrogen) atoms. The Morgan fingerprint density at radius 1 is 0.943 bits per heavy atom. The van der Waals surface area contributed by atoms with Gasteiger partial charge in [0.25, 0.3) is 0 Å². The van der Waals surface area contributed by atoms with Gasteiger partial charge in [0.15, 0.2) is 0 Å². The lowest BCUT2D eigenvalue weighted by Crippen LogP contribution is -2.52. The fraction of sp³-hybridized carbons (Fsp3) is 0.385. The molecule has 3 amide bonds. The van der Waals surface area contributed by atoms with Gasteiger partial charge in [-0.3, -0.25) is 9.59 Å². The largest absolute Gasteiger partial charge is 0.480 e. The van der Waals surface area contributed by atoms with Crippen molar-refractivity contribution in [3.63, 3.8) is 0 Å². The van der Waals surface area contributed by atoms with Gasteiger partial charge in [-0.2, -0.15) is 0 Å². The van der Waals surface area contributed by atoms with Crippen molar-refractivity contribution in [3.05, 3.63) is 59.7 Å². The minimum Gasteiger partial charge on any atom is -0.480 e. The summed E-state index contributed by atoms with van der Waals surface area (Å²) in [7, 11) is 0. The normalized spacial score (nSPS) is 13.9. The zero-order valence-corrected chi connectivity index (χ0v) is 19.8. The molecule has 2 aromatic carbocycles. The van der Waals surface area contributed by atoms with Crippen molar-refractivity contribution in [3.8, 4) is 11.1 Å². The van der Waals surface area contributed by atoms with E-state index in [4.69, 9.17) is 10.5 Å². The first-order valence-corrected chi connectivity index (χ1v) is 11.6. The number of hydrogen-bond donors (Lipinski definition) is 4. The molecule has 0 fully saturated rings. The van der Waals surface area contributed by atoms with Gasteiger partial charge in [-0.25, -0.2) is 9.59 Å². The van der Waals surface area contributed by atoms with Crippen LogP contribution >= 0.6 is 0 Å². The Morgan fingerprint density at radius 3 is 2.03 bits per heavy atom. The number of carboxylic acid groups (broad SMARTS) is 1. The van der Waals surface area contributed by atoms with E-state index in [1.807, 2.05) is 62.4 Å². The molecule has 9 nitrogen and oxygen atoms in total.